The average molecular weight is 309 g/mol. The van der Waals surface area contributed by atoms with Gasteiger partial charge in [0.05, 0.1) is 6.61 Å². The number of halogens is 2. The van der Waals surface area contributed by atoms with Crippen molar-refractivity contribution >= 4 is 23.2 Å². The van der Waals surface area contributed by atoms with Gasteiger partial charge in [-0.25, -0.2) is 0 Å². The molecule has 0 bridgehead atoms. The smallest absolute Gasteiger partial charge is 0.162 e. The van der Waals surface area contributed by atoms with Crippen LogP contribution in [0.3, 0.4) is 0 Å². The topological polar surface area (TPSA) is 18.5 Å². The lowest BCUT2D eigenvalue weighted by molar-refractivity contribution is -0.0563. The lowest BCUT2D eigenvalue weighted by Crippen LogP contribution is -2.11. The van der Waals surface area contributed by atoms with Crippen LogP contribution in [0, 0.1) is 0 Å². The van der Waals surface area contributed by atoms with Crippen LogP contribution in [0.1, 0.15) is 17.2 Å². The molecule has 1 fully saturated rings. The van der Waals surface area contributed by atoms with Gasteiger partial charge in [0.1, 0.15) is 6.10 Å². The van der Waals surface area contributed by atoms with Gasteiger partial charge >= 0.3 is 0 Å². The van der Waals surface area contributed by atoms with E-state index in [4.69, 9.17) is 32.7 Å². The molecule has 20 heavy (non-hydrogen) atoms. The van der Waals surface area contributed by atoms with Crippen molar-refractivity contribution < 1.29 is 9.47 Å². The number of rotatable bonds is 3. The molecule has 2 atom stereocenters. The van der Waals surface area contributed by atoms with Gasteiger partial charge in [-0.3, -0.25) is 0 Å². The van der Waals surface area contributed by atoms with E-state index in [0.717, 1.165) is 27.6 Å². The van der Waals surface area contributed by atoms with E-state index in [-0.39, 0.29) is 12.4 Å². The first-order chi connectivity index (χ1) is 9.70. The third kappa shape index (κ3) is 3.33. The highest BCUT2D eigenvalue weighted by molar-refractivity contribution is 6.30. The van der Waals surface area contributed by atoms with E-state index in [1.807, 2.05) is 48.5 Å². The minimum Gasteiger partial charge on any atom is -0.349 e. The Kier molecular flexibility index (Phi) is 4.27. The van der Waals surface area contributed by atoms with Gasteiger partial charge in [-0.15, -0.1) is 0 Å². The molecular weight excluding hydrogens is 295 g/mol. The maximum absolute atomic E-state index is 5.92. The van der Waals surface area contributed by atoms with Crippen molar-refractivity contribution in [2.45, 2.75) is 18.8 Å². The Morgan fingerprint density at radius 1 is 0.900 bits per heavy atom. The zero-order valence-electron chi connectivity index (χ0n) is 10.8. The maximum atomic E-state index is 5.92. The lowest BCUT2D eigenvalue weighted by atomic mass is 10.1. The molecule has 0 aromatic heterocycles. The Morgan fingerprint density at radius 3 is 2.15 bits per heavy atom. The molecule has 1 saturated heterocycles. The van der Waals surface area contributed by atoms with Crippen molar-refractivity contribution in [1.29, 1.82) is 0 Å². The number of hydrogen-bond donors (Lipinski definition) is 0. The van der Waals surface area contributed by atoms with Gasteiger partial charge in [0.25, 0.3) is 0 Å². The van der Waals surface area contributed by atoms with Gasteiger partial charge in [0.15, 0.2) is 6.29 Å². The van der Waals surface area contributed by atoms with Crippen LogP contribution < -0.4 is 0 Å². The van der Waals surface area contributed by atoms with Crippen LogP contribution in [-0.2, 0) is 15.9 Å². The van der Waals surface area contributed by atoms with Crippen molar-refractivity contribution in [1.82, 2.24) is 0 Å². The summed E-state index contributed by atoms with van der Waals surface area (Å²) in [6.45, 7) is 0.569. The molecule has 0 aliphatic carbocycles. The van der Waals surface area contributed by atoms with Crippen molar-refractivity contribution in [3.8, 4) is 0 Å². The third-order valence-electron chi connectivity index (χ3n) is 3.31. The molecule has 0 unspecified atom stereocenters. The highest BCUT2D eigenvalue weighted by Crippen LogP contribution is 2.29. The van der Waals surface area contributed by atoms with Crippen molar-refractivity contribution in [3.05, 3.63) is 69.7 Å². The molecule has 0 saturated carbocycles. The predicted octanol–water partition coefficient (Wildman–Crippen LogP) is 4.65. The second kappa shape index (κ2) is 6.15. The van der Waals surface area contributed by atoms with E-state index < -0.39 is 0 Å². The highest BCUT2D eigenvalue weighted by Gasteiger charge is 2.27. The molecule has 2 nitrogen and oxygen atoms in total. The highest BCUT2D eigenvalue weighted by atomic mass is 35.5. The van der Waals surface area contributed by atoms with Crippen LogP contribution in [0.25, 0.3) is 0 Å². The van der Waals surface area contributed by atoms with Gasteiger partial charge < -0.3 is 9.47 Å². The summed E-state index contributed by atoms with van der Waals surface area (Å²) >= 11 is 11.8. The van der Waals surface area contributed by atoms with E-state index in [9.17, 15) is 0 Å². The van der Waals surface area contributed by atoms with Crippen molar-refractivity contribution in [3.63, 3.8) is 0 Å². The third-order valence-corrected chi connectivity index (χ3v) is 3.81. The van der Waals surface area contributed by atoms with Crippen LogP contribution in [0.15, 0.2) is 48.5 Å². The Hall–Kier alpha value is -1.06. The zero-order chi connectivity index (χ0) is 13.9. The molecule has 1 aliphatic heterocycles. The molecule has 4 heteroatoms. The molecule has 1 aliphatic rings. The minimum atomic E-state index is -0.211. The SMILES string of the molecule is Clc1ccc(C[C@H]2OC[C@H](c3ccc(Cl)cc3)O2)cc1. The molecule has 104 valence electrons. The Bertz CT molecular complexity index is 566. The number of ether oxygens (including phenoxy) is 2. The van der Waals surface area contributed by atoms with Crippen LogP contribution in [-0.4, -0.2) is 12.9 Å². The monoisotopic (exact) mass is 308 g/mol. The van der Waals surface area contributed by atoms with Gasteiger partial charge in [-0.1, -0.05) is 47.5 Å². The summed E-state index contributed by atoms with van der Waals surface area (Å²) in [4.78, 5) is 0. The van der Waals surface area contributed by atoms with Gasteiger partial charge in [-0.2, -0.15) is 0 Å². The molecule has 0 spiro atoms. The van der Waals surface area contributed by atoms with Crippen molar-refractivity contribution in [2.24, 2.45) is 0 Å². The van der Waals surface area contributed by atoms with Crippen molar-refractivity contribution in [2.75, 3.05) is 6.61 Å². The molecule has 2 aromatic rings. The molecule has 0 amide bonds. The quantitative estimate of drug-likeness (QED) is 0.821. The summed E-state index contributed by atoms with van der Waals surface area (Å²) in [6.07, 6.45) is 0.489. The summed E-state index contributed by atoms with van der Waals surface area (Å²) in [5.74, 6) is 0. The van der Waals surface area contributed by atoms with Crippen LogP contribution in [0.5, 0.6) is 0 Å². The first kappa shape index (κ1) is 13.9. The molecule has 1 heterocycles. The van der Waals surface area contributed by atoms with E-state index >= 15 is 0 Å². The zero-order valence-corrected chi connectivity index (χ0v) is 12.3. The summed E-state index contributed by atoms with van der Waals surface area (Å²) in [5.41, 5.74) is 2.24. The van der Waals surface area contributed by atoms with E-state index in [0.29, 0.717) is 6.61 Å². The second-order valence-electron chi connectivity index (χ2n) is 4.77. The number of benzene rings is 2. The largest absolute Gasteiger partial charge is 0.349 e. The maximum Gasteiger partial charge on any atom is 0.162 e. The summed E-state index contributed by atoms with van der Waals surface area (Å²) in [5, 5.41) is 1.46. The van der Waals surface area contributed by atoms with E-state index in [1.54, 1.807) is 0 Å². The van der Waals surface area contributed by atoms with Crippen LogP contribution >= 0.6 is 23.2 Å². The fraction of sp³-hybridized carbons (Fsp3) is 0.250. The minimum absolute atomic E-state index is 0.0235. The number of hydrogen-bond acceptors (Lipinski definition) is 2. The van der Waals surface area contributed by atoms with Gasteiger partial charge in [-0.05, 0) is 35.4 Å². The lowest BCUT2D eigenvalue weighted by Gasteiger charge is -2.12. The van der Waals surface area contributed by atoms with Crippen LogP contribution in [0.4, 0.5) is 0 Å². The average Bonchev–Trinajstić information content (AvgIpc) is 2.91. The second-order valence-corrected chi connectivity index (χ2v) is 5.64. The van der Waals surface area contributed by atoms with E-state index in [2.05, 4.69) is 0 Å². The molecular formula is C16H14Cl2O2. The van der Waals surface area contributed by atoms with Gasteiger partial charge in [0, 0.05) is 16.5 Å². The standard InChI is InChI=1S/C16H14Cl2O2/c17-13-5-1-11(2-6-13)9-16-19-10-15(20-16)12-3-7-14(18)8-4-12/h1-8,15-16H,9-10H2/t15-,16+/m1/s1. The molecule has 2 aromatic carbocycles. The first-order valence-corrected chi connectivity index (χ1v) is 7.23. The predicted molar refractivity (Wildman–Crippen MR) is 80.2 cm³/mol. The molecule has 0 radical (unpaired) electrons. The fourth-order valence-electron chi connectivity index (χ4n) is 2.23. The van der Waals surface area contributed by atoms with E-state index in [1.165, 1.54) is 0 Å². The fourth-order valence-corrected chi connectivity index (χ4v) is 2.48. The molecule has 3 rings (SSSR count). The molecule has 0 N–H and O–H groups in total. The summed E-state index contributed by atoms with van der Waals surface area (Å²) in [6, 6.07) is 15.4. The Labute approximate surface area is 128 Å². The normalized spacial score (nSPS) is 22.1. The first-order valence-electron chi connectivity index (χ1n) is 6.48. The van der Waals surface area contributed by atoms with Crippen LogP contribution in [0.2, 0.25) is 10.0 Å². The van der Waals surface area contributed by atoms with Gasteiger partial charge in [0.2, 0.25) is 0 Å². The summed E-state index contributed by atoms with van der Waals surface area (Å²) < 4.78 is 11.6. The summed E-state index contributed by atoms with van der Waals surface area (Å²) in [7, 11) is 0. The Morgan fingerprint density at radius 2 is 1.50 bits per heavy atom. The Balaban J connectivity index is 1.62.